The first-order valence-electron chi connectivity index (χ1n) is 9.93. The number of ether oxygens (including phenoxy) is 1. The first kappa shape index (κ1) is 19.5. The van der Waals surface area contributed by atoms with Crippen LogP contribution in [-0.4, -0.2) is 13.0 Å². The van der Waals surface area contributed by atoms with Gasteiger partial charge in [-0.3, -0.25) is 4.79 Å². The summed E-state index contributed by atoms with van der Waals surface area (Å²) in [5, 5.41) is 8.52. The predicted octanol–water partition coefficient (Wildman–Crippen LogP) is 6.33. The van der Waals surface area contributed by atoms with Gasteiger partial charge in [0.1, 0.15) is 5.75 Å². The Hall–Kier alpha value is -3.79. The Morgan fingerprint density at radius 2 is 1.40 bits per heavy atom. The fourth-order valence-corrected chi connectivity index (χ4v) is 3.37. The number of carbonyl (C=O) groups excluding carboxylic acids is 1. The molecule has 0 bridgehead atoms. The maximum absolute atomic E-state index is 12.8. The molecule has 4 heteroatoms. The number of hydrogen-bond acceptors (Lipinski definition) is 3. The highest BCUT2D eigenvalue weighted by atomic mass is 16.5. The number of rotatable bonds is 6. The SMILES string of the molecule is COc1ccc2cc([C@H](C)C(=O)Nc3ccc(Nc4ccccc4)cc3)ccc2c1. The molecule has 0 aromatic heterocycles. The smallest absolute Gasteiger partial charge is 0.231 e. The molecule has 4 aromatic carbocycles. The van der Waals surface area contributed by atoms with E-state index in [0.29, 0.717) is 0 Å². The lowest BCUT2D eigenvalue weighted by molar-refractivity contribution is -0.117. The molecule has 0 aliphatic carbocycles. The molecule has 0 fully saturated rings. The molecule has 0 saturated heterocycles. The van der Waals surface area contributed by atoms with E-state index in [9.17, 15) is 4.79 Å². The van der Waals surface area contributed by atoms with Gasteiger partial charge in [-0.2, -0.15) is 0 Å². The van der Waals surface area contributed by atoms with Crippen LogP contribution >= 0.6 is 0 Å². The van der Waals surface area contributed by atoms with Gasteiger partial charge in [0, 0.05) is 17.1 Å². The Balaban J connectivity index is 1.43. The van der Waals surface area contributed by atoms with Gasteiger partial charge < -0.3 is 15.4 Å². The largest absolute Gasteiger partial charge is 0.497 e. The molecule has 0 unspecified atom stereocenters. The highest BCUT2D eigenvalue weighted by molar-refractivity contribution is 5.96. The van der Waals surface area contributed by atoms with Crippen LogP contribution in [0.25, 0.3) is 10.8 Å². The van der Waals surface area contributed by atoms with Crippen LogP contribution < -0.4 is 15.4 Å². The minimum absolute atomic E-state index is 0.0355. The van der Waals surface area contributed by atoms with Gasteiger partial charge in [0.2, 0.25) is 5.91 Å². The van der Waals surface area contributed by atoms with Gasteiger partial charge in [0.25, 0.3) is 0 Å². The molecule has 0 spiro atoms. The first-order chi connectivity index (χ1) is 14.6. The average Bonchev–Trinajstić information content (AvgIpc) is 2.79. The van der Waals surface area contributed by atoms with Gasteiger partial charge >= 0.3 is 0 Å². The van der Waals surface area contributed by atoms with Crippen molar-refractivity contribution in [1.29, 1.82) is 0 Å². The number of benzene rings is 4. The lowest BCUT2D eigenvalue weighted by Crippen LogP contribution is -2.18. The molecular formula is C26H24N2O2. The molecule has 4 nitrogen and oxygen atoms in total. The first-order valence-corrected chi connectivity index (χ1v) is 9.93. The Morgan fingerprint density at radius 1 is 0.767 bits per heavy atom. The lowest BCUT2D eigenvalue weighted by atomic mass is 9.97. The second-order valence-corrected chi connectivity index (χ2v) is 7.25. The molecule has 4 rings (SSSR count). The summed E-state index contributed by atoms with van der Waals surface area (Å²) in [6, 6.07) is 29.7. The summed E-state index contributed by atoms with van der Waals surface area (Å²) in [5.74, 6) is 0.525. The van der Waals surface area contributed by atoms with E-state index in [2.05, 4.69) is 16.7 Å². The fourth-order valence-electron chi connectivity index (χ4n) is 3.37. The fraction of sp³-hybridized carbons (Fsp3) is 0.115. The summed E-state index contributed by atoms with van der Waals surface area (Å²) in [5.41, 5.74) is 3.75. The number of amides is 1. The molecule has 30 heavy (non-hydrogen) atoms. The number of carbonyl (C=O) groups is 1. The Morgan fingerprint density at radius 3 is 2.13 bits per heavy atom. The average molecular weight is 396 g/mol. The van der Waals surface area contributed by atoms with Crippen LogP contribution in [0.15, 0.2) is 91.0 Å². The van der Waals surface area contributed by atoms with E-state index in [1.807, 2.05) is 91.9 Å². The second-order valence-electron chi connectivity index (χ2n) is 7.25. The van der Waals surface area contributed by atoms with Gasteiger partial charge in [-0.15, -0.1) is 0 Å². The summed E-state index contributed by atoms with van der Waals surface area (Å²) < 4.78 is 5.28. The van der Waals surface area contributed by atoms with Crippen LogP contribution in [0.2, 0.25) is 0 Å². The van der Waals surface area contributed by atoms with Gasteiger partial charge in [-0.1, -0.05) is 42.5 Å². The third-order valence-electron chi connectivity index (χ3n) is 5.18. The van der Waals surface area contributed by atoms with Gasteiger partial charge in [-0.05, 0) is 71.8 Å². The summed E-state index contributed by atoms with van der Waals surface area (Å²) >= 11 is 0. The summed E-state index contributed by atoms with van der Waals surface area (Å²) in [6.45, 7) is 1.92. The van der Waals surface area contributed by atoms with E-state index in [4.69, 9.17) is 4.74 Å². The normalized spacial score (nSPS) is 11.7. The molecule has 1 amide bonds. The minimum atomic E-state index is -0.265. The molecular weight excluding hydrogens is 372 g/mol. The molecule has 1 atom stereocenters. The molecule has 0 heterocycles. The lowest BCUT2D eigenvalue weighted by Gasteiger charge is -2.14. The van der Waals surface area contributed by atoms with Crippen LogP contribution in [0, 0.1) is 0 Å². The van der Waals surface area contributed by atoms with Crippen LogP contribution in [-0.2, 0) is 4.79 Å². The number of fused-ring (bicyclic) bond motifs is 1. The highest BCUT2D eigenvalue weighted by Gasteiger charge is 2.16. The van der Waals surface area contributed by atoms with Crippen LogP contribution in [0.3, 0.4) is 0 Å². The quantitative estimate of drug-likeness (QED) is 0.400. The number of methoxy groups -OCH3 is 1. The zero-order valence-electron chi connectivity index (χ0n) is 17.1. The number of hydrogen-bond donors (Lipinski definition) is 2. The molecule has 0 aliphatic heterocycles. The van der Waals surface area contributed by atoms with Crippen LogP contribution in [0.4, 0.5) is 17.1 Å². The van der Waals surface area contributed by atoms with Crippen LogP contribution in [0.5, 0.6) is 5.75 Å². The monoisotopic (exact) mass is 396 g/mol. The molecule has 4 aromatic rings. The Kier molecular flexibility index (Phi) is 5.66. The van der Waals surface area contributed by atoms with Crippen molar-refractivity contribution in [2.75, 3.05) is 17.7 Å². The minimum Gasteiger partial charge on any atom is -0.497 e. The maximum atomic E-state index is 12.8. The van der Waals surface area contributed by atoms with Crippen LogP contribution in [0.1, 0.15) is 18.4 Å². The van der Waals surface area contributed by atoms with E-state index in [1.54, 1.807) is 7.11 Å². The number of anilines is 3. The third-order valence-corrected chi connectivity index (χ3v) is 5.18. The molecule has 0 saturated carbocycles. The Bertz CT molecular complexity index is 1150. The van der Waals surface area contributed by atoms with E-state index < -0.39 is 0 Å². The topological polar surface area (TPSA) is 50.4 Å². The Labute approximate surface area is 176 Å². The van der Waals surface area contributed by atoms with Crippen molar-refractivity contribution in [3.63, 3.8) is 0 Å². The molecule has 150 valence electrons. The van der Waals surface area contributed by atoms with Gasteiger partial charge in [-0.25, -0.2) is 0 Å². The summed E-state index contributed by atoms with van der Waals surface area (Å²) in [4.78, 5) is 12.8. The molecule has 2 N–H and O–H groups in total. The zero-order valence-corrected chi connectivity index (χ0v) is 17.1. The van der Waals surface area contributed by atoms with E-state index in [0.717, 1.165) is 39.1 Å². The summed E-state index contributed by atoms with van der Waals surface area (Å²) in [7, 11) is 1.66. The van der Waals surface area contributed by atoms with E-state index in [1.165, 1.54) is 0 Å². The van der Waals surface area contributed by atoms with E-state index in [-0.39, 0.29) is 11.8 Å². The molecule has 0 aliphatic rings. The van der Waals surface area contributed by atoms with Gasteiger partial charge in [0.05, 0.1) is 13.0 Å². The number of nitrogens with one attached hydrogen (secondary N) is 2. The van der Waals surface area contributed by atoms with E-state index >= 15 is 0 Å². The highest BCUT2D eigenvalue weighted by Crippen LogP contribution is 2.26. The van der Waals surface area contributed by atoms with Crippen molar-refractivity contribution in [1.82, 2.24) is 0 Å². The van der Waals surface area contributed by atoms with Crippen molar-refractivity contribution in [3.8, 4) is 5.75 Å². The standard InChI is InChI=1S/C26H24N2O2/c1-18(19-8-9-21-17-25(30-2)15-10-20(21)16-19)26(29)28-24-13-11-23(12-14-24)27-22-6-4-3-5-7-22/h3-18,27H,1-2H3,(H,28,29)/t18-/m0/s1. The predicted molar refractivity (Wildman–Crippen MR) is 124 cm³/mol. The number of para-hydroxylation sites is 1. The van der Waals surface area contributed by atoms with Crippen molar-refractivity contribution in [2.45, 2.75) is 12.8 Å². The zero-order chi connectivity index (χ0) is 20.9. The maximum Gasteiger partial charge on any atom is 0.231 e. The molecule has 0 radical (unpaired) electrons. The van der Waals surface area contributed by atoms with Crippen molar-refractivity contribution >= 4 is 33.7 Å². The third kappa shape index (κ3) is 4.44. The second kappa shape index (κ2) is 8.70. The van der Waals surface area contributed by atoms with Gasteiger partial charge in [0.15, 0.2) is 0 Å². The van der Waals surface area contributed by atoms with Crippen molar-refractivity contribution in [2.24, 2.45) is 0 Å². The van der Waals surface area contributed by atoms with Crippen molar-refractivity contribution in [3.05, 3.63) is 96.6 Å². The summed E-state index contributed by atoms with van der Waals surface area (Å²) in [6.07, 6.45) is 0. The van der Waals surface area contributed by atoms with Crippen molar-refractivity contribution < 1.29 is 9.53 Å².